The summed E-state index contributed by atoms with van der Waals surface area (Å²) >= 11 is 0. The first-order valence-corrected chi connectivity index (χ1v) is 12.9. The number of hydrogen-bond donors (Lipinski definition) is 0. The van der Waals surface area contributed by atoms with Gasteiger partial charge in [0.15, 0.2) is 23.0 Å². The molecule has 1 amide bonds. The number of aryl methyl sites for hydroxylation is 1. The molecule has 0 atom stereocenters. The zero-order valence-electron chi connectivity index (χ0n) is 23.2. The van der Waals surface area contributed by atoms with Gasteiger partial charge in [0.05, 0.1) is 32.5 Å². The second-order valence-corrected chi connectivity index (χ2v) is 9.54. The summed E-state index contributed by atoms with van der Waals surface area (Å²) in [6.07, 6.45) is 0. The van der Waals surface area contributed by atoms with Gasteiger partial charge in [-0.2, -0.15) is 0 Å². The van der Waals surface area contributed by atoms with E-state index >= 15 is 0 Å². The molecule has 1 fully saturated rings. The Kier molecular flexibility index (Phi) is 7.70. The first kappa shape index (κ1) is 27.1. The third-order valence-electron chi connectivity index (χ3n) is 7.16. The second kappa shape index (κ2) is 11.4. The summed E-state index contributed by atoms with van der Waals surface area (Å²) in [6, 6.07) is 12.1. The standard InChI is InChI=1S/C30H32N2O8/c1-18-8-6-7-9-21(18)40-30(34)20-16-23(35-3)27(36-4)28(37-5)25(20)24-19(10-11-22-26(24)39-17-38-22)29(33)32-14-12-31(2)13-15-32/h6-11,16H,12-15,17H2,1-5H3. The van der Waals surface area contributed by atoms with Crippen LogP contribution in [0.25, 0.3) is 11.1 Å². The highest BCUT2D eigenvalue weighted by atomic mass is 16.7. The number of ether oxygens (including phenoxy) is 6. The van der Waals surface area contributed by atoms with Crippen LogP contribution in [0.5, 0.6) is 34.5 Å². The van der Waals surface area contributed by atoms with Crippen LogP contribution in [0, 0.1) is 6.92 Å². The Hall–Kier alpha value is -4.44. The predicted octanol–water partition coefficient (Wildman–Crippen LogP) is 4.02. The van der Waals surface area contributed by atoms with Gasteiger partial charge in [-0.1, -0.05) is 18.2 Å². The number of hydrogen-bond acceptors (Lipinski definition) is 9. The Labute approximate surface area is 232 Å². The van der Waals surface area contributed by atoms with Crippen molar-refractivity contribution in [3.8, 4) is 45.6 Å². The van der Waals surface area contributed by atoms with Crippen molar-refractivity contribution in [2.75, 3.05) is 61.3 Å². The largest absolute Gasteiger partial charge is 0.493 e. The molecule has 0 N–H and O–H groups in total. The first-order valence-electron chi connectivity index (χ1n) is 12.9. The fraction of sp³-hybridized carbons (Fsp3) is 0.333. The van der Waals surface area contributed by atoms with Crippen molar-refractivity contribution >= 4 is 11.9 Å². The molecule has 2 aliphatic rings. The number of amides is 1. The molecule has 1 saturated heterocycles. The van der Waals surface area contributed by atoms with Gasteiger partial charge in [0, 0.05) is 37.3 Å². The maximum absolute atomic E-state index is 14.0. The molecule has 3 aromatic rings. The predicted molar refractivity (Wildman–Crippen MR) is 147 cm³/mol. The zero-order chi connectivity index (χ0) is 28.4. The van der Waals surface area contributed by atoms with Gasteiger partial charge < -0.3 is 38.2 Å². The number of para-hydroxylation sites is 1. The number of nitrogens with zero attached hydrogens (tertiary/aromatic N) is 2. The molecule has 3 aromatic carbocycles. The summed E-state index contributed by atoms with van der Waals surface area (Å²) < 4.78 is 34.5. The molecule has 0 spiro atoms. The minimum atomic E-state index is -0.668. The molecule has 10 heteroatoms. The number of likely N-dealkylation sites (N-methyl/N-ethyl adjacent to an activating group) is 1. The van der Waals surface area contributed by atoms with Gasteiger partial charge >= 0.3 is 5.97 Å². The van der Waals surface area contributed by atoms with Crippen LogP contribution in [0.4, 0.5) is 0 Å². The Morgan fingerprint density at radius 3 is 2.20 bits per heavy atom. The third-order valence-corrected chi connectivity index (χ3v) is 7.16. The monoisotopic (exact) mass is 548 g/mol. The molecule has 2 aliphatic heterocycles. The number of methoxy groups -OCH3 is 3. The molecule has 0 unspecified atom stereocenters. The van der Waals surface area contributed by atoms with Crippen molar-refractivity contribution in [1.29, 1.82) is 0 Å². The van der Waals surface area contributed by atoms with Crippen LogP contribution in [-0.2, 0) is 0 Å². The maximum Gasteiger partial charge on any atom is 0.344 e. The van der Waals surface area contributed by atoms with E-state index in [1.54, 1.807) is 29.2 Å². The van der Waals surface area contributed by atoms with E-state index in [1.807, 2.05) is 26.1 Å². The van der Waals surface area contributed by atoms with Crippen molar-refractivity contribution in [3.05, 3.63) is 59.2 Å². The van der Waals surface area contributed by atoms with Gasteiger partial charge in [0.25, 0.3) is 5.91 Å². The third kappa shape index (κ3) is 4.86. The van der Waals surface area contributed by atoms with Crippen LogP contribution in [-0.4, -0.2) is 83.0 Å². The van der Waals surface area contributed by atoms with Crippen LogP contribution in [0.15, 0.2) is 42.5 Å². The second-order valence-electron chi connectivity index (χ2n) is 9.54. The summed E-state index contributed by atoms with van der Waals surface area (Å²) in [7, 11) is 6.42. The van der Waals surface area contributed by atoms with Gasteiger partial charge in [-0.25, -0.2) is 4.79 Å². The molecule has 0 radical (unpaired) electrons. The Morgan fingerprint density at radius 2 is 1.52 bits per heavy atom. The molecular formula is C30H32N2O8. The average Bonchev–Trinajstić information content (AvgIpc) is 3.46. The van der Waals surface area contributed by atoms with E-state index < -0.39 is 5.97 Å². The van der Waals surface area contributed by atoms with Gasteiger partial charge in [0.1, 0.15) is 5.75 Å². The summed E-state index contributed by atoms with van der Waals surface area (Å²) in [5, 5.41) is 0. The van der Waals surface area contributed by atoms with Crippen molar-refractivity contribution in [1.82, 2.24) is 9.80 Å². The van der Waals surface area contributed by atoms with E-state index in [0.717, 1.165) is 18.7 Å². The molecule has 40 heavy (non-hydrogen) atoms. The fourth-order valence-corrected chi connectivity index (χ4v) is 4.97. The van der Waals surface area contributed by atoms with E-state index in [2.05, 4.69) is 4.90 Å². The fourth-order valence-electron chi connectivity index (χ4n) is 4.97. The lowest BCUT2D eigenvalue weighted by molar-refractivity contribution is 0.0663. The minimum Gasteiger partial charge on any atom is -0.493 e. The topological polar surface area (TPSA) is 96.0 Å². The molecule has 2 heterocycles. The van der Waals surface area contributed by atoms with E-state index in [0.29, 0.717) is 41.5 Å². The average molecular weight is 549 g/mol. The summed E-state index contributed by atoms with van der Waals surface area (Å²) in [5.41, 5.74) is 1.86. The SMILES string of the molecule is COc1cc(C(=O)Oc2ccccc2C)c(-c2c(C(=O)N3CCN(C)CC3)ccc3c2OCO3)c(OC)c1OC. The van der Waals surface area contributed by atoms with Crippen LogP contribution in [0.1, 0.15) is 26.3 Å². The molecular weight excluding hydrogens is 516 g/mol. The van der Waals surface area contributed by atoms with E-state index in [9.17, 15) is 9.59 Å². The first-order chi connectivity index (χ1) is 19.4. The highest BCUT2D eigenvalue weighted by Crippen LogP contribution is 2.53. The van der Waals surface area contributed by atoms with Crippen molar-refractivity contribution in [2.24, 2.45) is 0 Å². The summed E-state index contributed by atoms with van der Waals surface area (Å²) in [5.74, 6) is 1.01. The van der Waals surface area contributed by atoms with Crippen molar-refractivity contribution in [2.45, 2.75) is 6.92 Å². The van der Waals surface area contributed by atoms with Crippen LogP contribution < -0.4 is 28.4 Å². The number of benzene rings is 3. The van der Waals surface area contributed by atoms with Crippen molar-refractivity contribution in [3.63, 3.8) is 0 Å². The van der Waals surface area contributed by atoms with Gasteiger partial charge in [-0.05, 0) is 43.8 Å². The molecule has 210 valence electrons. The van der Waals surface area contributed by atoms with Gasteiger partial charge in [0.2, 0.25) is 12.5 Å². The molecule has 0 aliphatic carbocycles. The smallest absolute Gasteiger partial charge is 0.344 e. The molecule has 0 saturated carbocycles. The molecule has 0 aromatic heterocycles. The van der Waals surface area contributed by atoms with E-state index in [4.69, 9.17) is 28.4 Å². The summed E-state index contributed by atoms with van der Waals surface area (Å²) in [4.78, 5) is 31.8. The molecule has 0 bridgehead atoms. The normalized spacial score (nSPS) is 14.6. The number of carbonyl (C=O) groups is 2. The summed E-state index contributed by atoms with van der Waals surface area (Å²) in [6.45, 7) is 4.44. The Bertz CT molecular complexity index is 1450. The lowest BCUT2D eigenvalue weighted by Crippen LogP contribution is -2.47. The number of esters is 1. The van der Waals surface area contributed by atoms with Crippen LogP contribution >= 0.6 is 0 Å². The maximum atomic E-state index is 14.0. The zero-order valence-corrected chi connectivity index (χ0v) is 23.2. The highest BCUT2D eigenvalue weighted by molar-refractivity contribution is 6.09. The number of piperazine rings is 1. The lowest BCUT2D eigenvalue weighted by atomic mass is 9.91. The Morgan fingerprint density at radius 1 is 0.800 bits per heavy atom. The molecule has 5 rings (SSSR count). The number of rotatable bonds is 7. The quantitative estimate of drug-likeness (QED) is 0.320. The Balaban J connectivity index is 1.75. The number of fused-ring (bicyclic) bond motifs is 1. The van der Waals surface area contributed by atoms with Gasteiger partial charge in [-0.15, -0.1) is 0 Å². The van der Waals surface area contributed by atoms with Gasteiger partial charge in [-0.3, -0.25) is 4.79 Å². The van der Waals surface area contributed by atoms with E-state index in [-0.39, 0.29) is 41.1 Å². The highest BCUT2D eigenvalue weighted by Gasteiger charge is 2.35. The minimum absolute atomic E-state index is 0.0346. The molecule has 10 nitrogen and oxygen atoms in total. The van der Waals surface area contributed by atoms with E-state index in [1.165, 1.54) is 27.4 Å². The van der Waals surface area contributed by atoms with Crippen molar-refractivity contribution < 1.29 is 38.0 Å². The number of carbonyl (C=O) groups excluding carboxylic acids is 2. The van der Waals surface area contributed by atoms with Crippen LogP contribution in [0.3, 0.4) is 0 Å². The lowest BCUT2D eigenvalue weighted by Gasteiger charge is -2.33. The van der Waals surface area contributed by atoms with Crippen LogP contribution in [0.2, 0.25) is 0 Å².